The predicted octanol–water partition coefficient (Wildman–Crippen LogP) is 2.90. The summed E-state index contributed by atoms with van der Waals surface area (Å²) in [5, 5.41) is 8.66. The molecule has 0 saturated heterocycles. The van der Waals surface area contributed by atoms with Crippen LogP contribution in [0.4, 0.5) is 4.79 Å². The minimum absolute atomic E-state index is 0.254. The molecule has 0 aliphatic rings. The molecule has 0 bridgehead atoms. The molecule has 0 spiro atoms. The number of hydrogen-bond donors (Lipinski definition) is 1. The summed E-state index contributed by atoms with van der Waals surface area (Å²) < 4.78 is 6.53. The first-order valence-corrected chi connectivity index (χ1v) is 10.6. The number of aromatic nitrogens is 5. The van der Waals surface area contributed by atoms with Gasteiger partial charge in [0.2, 0.25) is 0 Å². The summed E-state index contributed by atoms with van der Waals surface area (Å²) in [4.78, 5) is 21.8. The second-order valence-corrected chi connectivity index (χ2v) is 7.53. The van der Waals surface area contributed by atoms with Gasteiger partial charge in [-0.15, -0.1) is 5.10 Å². The van der Waals surface area contributed by atoms with E-state index >= 15 is 0 Å². The summed E-state index contributed by atoms with van der Waals surface area (Å²) >= 11 is 0. The number of ether oxygens (including phenoxy) is 1. The van der Waals surface area contributed by atoms with Gasteiger partial charge in [0.05, 0.1) is 35.6 Å². The van der Waals surface area contributed by atoms with E-state index in [9.17, 15) is 4.79 Å². The van der Waals surface area contributed by atoms with E-state index in [2.05, 4.69) is 25.2 Å². The average molecular weight is 444 g/mol. The minimum Gasteiger partial charge on any atom is -0.449 e. The fourth-order valence-electron chi connectivity index (χ4n) is 3.42. The molecular weight excluding hydrogens is 418 g/mol. The number of hydrogen-bond acceptors (Lipinski definition) is 7. The van der Waals surface area contributed by atoms with Gasteiger partial charge in [0.25, 0.3) is 0 Å². The first kappa shape index (κ1) is 22.1. The molecule has 3 aromatic heterocycles. The van der Waals surface area contributed by atoms with Crippen molar-refractivity contribution in [3.8, 4) is 5.69 Å². The van der Waals surface area contributed by atoms with Crippen molar-refractivity contribution in [3.63, 3.8) is 0 Å². The van der Waals surface area contributed by atoms with Gasteiger partial charge in [-0.3, -0.25) is 14.9 Å². The molecule has 9 nitrogen and oxygen atoms in total. The lowest BCUT2D eigenvalue weighted by Gasteiger charge is -2.20. The maximum atomic E-state index is 10.7. The number of amides is 1. The molecule has 2 N–H and O–H groups in total. The smallest absolute Gasteiger partial charge is 0.404 e. The number of primary amides is 1. The van der Waals surface area contributed by atoms with E-state index in [0.717, 1.165) is 28.3 Å². The fourth-order valence-corrected chi connectivity index (χ4v) is 3.42. The van der Waals surface area contributed by atoms with E-state index in [1.54, 1.807) is 17.1 Å². The van der Waals surface area contributed by atoms with E-state index in [4.69, 9.17) is 10.5 Å². The molecule has 33 heavy (non-hydrogen) atoms. The molecule has 168 valence electrons. The van der Waals surface area contributed by atoms with Crippen molar-refractivity contribution in [1.29, 1.82) is 0 Å². The van der Waals surface area contributed by atoms with Crippen LogP contribution in [0.3, 0.4) is 0 Å². The Balaban J connectivity index is 1.43. The van der Waals surface area contributed by atoms with Gasteiger partial charge in [0, 0.05) is 38.4 Å². The van der Waals surface area contributed by atoms with Crippen molar-refractivity contribution < 1.29 is 9.53 Å². The fraction of sp³-hybridized carbons (Fsp3) is 0.208. The third-order valence-corrected chi connectivity index (χ3v) is 4.99. The van der Waals surface area contributed by atoms with Crippen molar-refractivity contribution in [3.05, 3.63) is 102 Å². The predicted molar refractivity (Wildman–Crippen MR) is 122 cm³/mol. The molecule has 0 saturated carbocycles. The molecule has 1 aromatic carbocycles. The van der Waals surface area contributed by atoms with Crippen LogP contribution in [0.2, 0.25) is 0 Å². The Morgan fingerprint density at radius 1 is 0.879 bits per heavy atom. The molecule has 0 fully saturated rings. The number of pyridine rings is 2. The van der Waals surface area contributed by atoms with Crippen LogP contribution in [0, 0.1) is 0 Å². The number of rotatable bonds is 10. The Kier molecular flexibility index (Phi) is 7.34. The van der Waals surface area contributed by atoms with Crippen LogP contribution in [0.25, 0.3) is 5.69 Å². The van der Waals surface area contributed by atoms with Crippen molar-refractivity contribution in [2.75, 3.05) is 6.61 Å². The van der Waals surface area contributed by atoms with Gasteiger partial charge in [-0.05, 0) is 42.0 Å². The topological polar surface area (TPSA) is 112 Å². The summed E-state index contributed by atoms with van der Waals surface area (Å²) in [6.07, 6.45) is 5.36. The van der Waals surface area contributed by atoms with Gasteiger partial charge in [0.15, 0.2) is 0 Å². The van der Waals surface area contributed by atoms with Crippen molar-refractivity contribution in [2.45, 2.75) is 26.1 Å². The molecule has 4 rings (SSSR count). The number of nitrogens with two attached hydrogens (primary N) is 1. The Labute approximate surface area is 191 Å². The van der Waals surface area contributed by atoms with Crippen molar-refractivity contribution in [2.24, 2.45) is 5.73 Å². The number of nitrogens with zero attached hydrogens (tertiary/aromatic N) is 6. The van der Waals surface area contributed by atoms with Crippen molar-refractivity contribution in [1.82, 2.24) is 29.9 Å². The zero-order valence-corrected chi connectivity index (χ0v) is 18.1. The monoisotopic (exact) mass is 443 g/mol. The third-order valence-electron chi connectivity index (χ3n) is 4.99. The number of benzene rings is 1. The first-order chi connectivity index (χ1) is 16.2. The Bertz CT molecular complexity index is 1110. The van der Waals surface area contributed by atoms with Gasteiger partial charge in [-0.25, -0.2) is 9.48 Å². The van der Waals surface area contributed by atoms with Gasteiger partial charge < -0.3 is 10.5 Å². The second kappa shape index (κ2) is 11.0. The van der Waals surface area contributed by atoms with Crippen LogP contribution in [0.15, 0.2) is 79.3 Å². The highest BCUT2D eigenvalue weighted by atomic mass is 16.5. The Hall–Kier alpha value is -4.11. The zero-order chi connectivity index (χ0) is 22.9. The molecule has 9 heteroatoms. The van der Waals surface area contributed by atoms with E-state index in [0.29, 0.717) is 26.1 Å². The molecule has 4 aromatic rings. The lowest BCUT2D eigenvalue weighted by molar-refractivity contribution is 0.158. The summed E-state index contributed by atoms with van der Waals surface area (Å²) in [5.74, 6) is 0. The average Bonchev–Trinajstić information content (AvgIpc) is 3.29. The summed E-state index contributed by atoms with van der Waals surface area (Å²) in [7, 11) is 0. The van der Waals surface area contributed by atoms with Crippen LogP contribution in [-0.2, 0) is 30.8 Å². The third kappa shape index (κ3) is 6.68. The SMILES string of the molecule is NC(=O)OCCc1ccc(-n2cc(CN(Cc3ccccn3)Cc3ccccn3)nn2)cc1. The molecule has 0 radical (unpaired) electrons. The second-order valence-electron chi connectivity index (χ2n) is 7.53. The van der Waals surface area contributed by atoms with E-state index < -0.39 is 6.09 Å². The number of carbonyl (C=O) groups is 1. The molecule has 0 atom stereocenters. The highest BCUT2D eigenvalue weighted by Crippen LogP contribution is 2.13. The largest absolute Gasteiger partial charge is 0.449 e. The van der Waals surface area contributed by atoms with E-state index in [1.807, 2.05) is 66.9 Å². The van der Waals surface area contributed by atoms with E-state index in [1.165, 1.54) is 0 Å². The lowest BCUT2D eigenvalue weighted by Crippen LogP contribution is -2.23. The molecular formula is C24H25N7O2. The van der Waals surface area contributed by atoms with Gasteiger partial charge in [-0.2, -0.15) is 0 Å². The Morgan fingerprint density at radius 2 is 1.52 bits per heavy atom. The first-order valence-electron chi connectivity index (χ1n) is 10.6. The molecule has 0 aliphatic carbocycles. The highest BCUT2D eigenvalue weighted by Gasteiger charge is 2.13. The van der Waals surface area contributed by atoms with Gasteiger partial charge in [0.1, 0.15) is 0 Å². The van der Waals surface area contributed by atoms with Gasteiger partial charge in [-0.1, -0.05) is 29.5 Å². The van der Waals surface area contributed by atoms with Crippen LogP contribution < -0.4 is 5.73 Å². The van der Waals surface area contributed by atoms with Crippen molar-refractivity contribution >= 4 is 6.09 Å². The van der Waals surface area contributed by atoms with Gasteiger partial charge >= 0.3 is 6.09 Å². The van der Waals surface area contributed by atoms with Crippen LogP contribution >= 0.6 is 0 Å². The summed E-state index contributed by atoms with van der Waals surface area (Å²) in [6.45, 7) is 2.21. The maximum absolute atomic E-state index is 10.7. The molecule has 0 unspecified atom stereocenters. The lowest BCUT2D eigenvalue weighted by atomic mass is 10.1. The summed E-state index contributed by atoms with van der Waals surface area (Å²) in [6, 6.07) is 19.7. The molecule has 3 heterocycles. The maximum Gasteiger partial charge on any atom is 0.404 e. The van der Waals surface area contributed by atoms with Crippen LogP contribution in [0.5, 0.6) is 0 Å². The molecule has 0 aliphatic heterocycles. The number of carbonyl (C=O) groups excluding carboxylic acids is 1. The quantitative estimate of drug-likeness (QED) is 0.401. The van der Waals surface area contributed by atoms with Crippen LogP contribution in [0.1, 0.15) is 22.6 Å². The van der Waals surface area contributed by atoms with E-state index in [-0.39, 0.29) is 6.61 Å². The Morgan fingerprint density at radius 3 is 2.09 bits per heavy atom. The minimum atomic E-state index is -0.762. The zero-order valence-electron chi connectivity index (χ0n) is 18.1. The highest BCUT2D eigenvalue weighted by molar-refractivity contribution is 5.64. The molecule has 1 amide bonds. The standard InChI is InChI=1S/C24H25N7O2/c25-24(32)33-14-11-19-7-9-23(10-8-19)31-18-22(28-29-31)17-30(15-20-5-1-3-12-26-20)16-21-6-2-4-13-27-21/h1-10,12-13,18H,11,14-17H2,(H2,25,32). The van der Waals surface area contributed by atoms with Crippen LogP contribution in [-0.4, -0.2) is 42.6 Å². The normalized spacial score (nSPS) is 10.9. The summed E-state index contributed by atoms with van der Waals surface area (Å²) in [5.41, 5.74) is 9.74.